The molecule has 19 heavy (non-hydrogen) atoms. The Morgan fingerprint density at radius 1 is 1.47 bits per heavy atom. The van der Waals surface area contributed by atoms with Crippen molar-refractivity contribution in [2.24, 2.45) is 5.73 Å². The van der Waals surface area contributed by atoms with Crippen molar-refractivity contribution in [3.63, 3.8) is 0 Å². The van der Waals surface area contributed by atoms with Crippen LogP contribution >= 0.6 is 11.8 Å². The van der Waals surface area contributed by atoms with Gasteiger partial charge in [-0.2, -0.15) is 0 Å². The molecule has 1 aromatic heterocycles. The van der Waals surface area contributed by atoms with Crippen LogP contribution in [0.5, 0.6) is 0 Å². The molecule has 0 aliphatic carbocycles. The largest absolute Gasteiger partial charge is 0.480 e. The summed E-state index contributed by atoms with van der Waals surface area (Å²) in [5.41, 5.74) is 6.96. The van der Waals surface area contributed by atoms with Crippen LogP contribution < -0.4 is 5.73 Å². The summed E-state index contributed by atoms with van der Waals surface area (Å²) < 4.78 is 0. The molecule has 0 saturated heterocycles. The van der Waals surface area contributed by atoms with Crippen LogP contribution in [0.25, 0.3) is 0 Å². The second-order valence-electron chi connectivity index (χ2n) is 4.89. The Bertz CT molecular complexity index is 431. The highest BCUT2D eigenvalue weighted by Gasteiger charge is 2.30. The standard InChI is InChI=1S/C14H22N2O2S/c1-4-14(15,13(17)18)6-5-7-19-12-9-10(2)8-11(3)16-12/h8-9H,4-7,15H2,1-3H3,(H,17,18). The van der Waals surface area contributed by atoms with Crippen LogP contribution in [0.3, 0.4) is 0 Å². The number of pyridine rings is 1. The minimum atomic E-state index is -1.09. The molecule has 0 aromatic carbocycles. The van der Waals surface area contributed by atoms with E-state index in [0.29, 0.717) is 12.8 Å². The number of aromatic nitrogens is 1. The summed E-state index contributed by atoms with van der Waals surface area (Å²) in [6.07, 6.45) is 1.72. The summed E-state index contributed by atoms with van der Waals surface area (Å²) >= 11 is 1.65. The van der Waals surface area contributed by atoms with Gasteiger partial charge in [-0.15, -0.1) is 11.8 Å². The van der Waals surface area contributed by atoms with Gasteiger partial charge < -0.3 is 10.8 Å². The lowest BCUT2D eigenvalue weighted by Crippen LogP contribution is -2.47. The molecule has 5 heteroatoms. The highest BCUT2D eigenvalue weighted by atomic mass is 32.2. The van der Waals surface area contributed by atoms with Gasteiger partial charge in [-0.25, -0.2) is 4.98 Å². The number of thioether (sulfide) groups is 1. The first kappa shape index (κ1) is 16.0. The molecule has 0 bridgehead atoms. The Balaban J connectivity index is 2.44. The highest BCUT2D eigenvalue weighted by molar-refractivity contribution is 7.99. The van der Waals surface area contributed by atoms with Gasteiger partial charge in [0.25, 0.3) is 0 Å². The Morgan fingerprint density at radius 2 is 2.16 bits per heavy atom. The van der Waals surface area contributed by atoms with E-state index in [2.05, 4.69) is 4.98 Å². The normalized spacial score (nSPS) is 14.1. The zero-order valence-electron chi connectivity index (χ0n) is 11.8. The molecule has 0 aliphatic heterocycles. The number of nitrogens with zero attached hydrogens (tertiary/aromatic N) is 1. The van der Waals surface area contributed by atoms with Crippen LogP contribution in [0.15, 0.2) is 17.2 Å². The van der Waals surface area contributed by atoms with E-state index in [-0.39, 0.29) is 0 Å². The van der Waals surface area contributed by atoms with Crippen LogP contribution in [-0.2, 0) is 4.79 Å². The van der Waals surface area contributed by atoms with Gasteiger partial charge in [0.05, 0.1) is 5.03 Å². The van der Waals surface area contributed by atoms with Crippen LogP contribution in [0.1, 0.15) is 37.4 Å². The Labute approximate surface area is 118 Å². The van der Waals surface area contributed by atoms with E-state index >= 15 is 0 Å². The number of aryl methyl sites for hydroxylation is 2. The highest BCUT2D eigenvalue weighted by Crippen LogP contribution is 2.22. The number of hydrogen-bond acceptors (Lipinski definition) is 4. The van der Waals surface area contributed by atoms with Gasteiger partial charge in [0.15, 0.2) is 0 Å². The minimum absolute atomic E-state index is 0.453. The van der Waals surface area contributed by atoms with Crippen molar-refractivity contribution >= 4 is 17.7 Å². The lowest BCUT2D eigenvalue weighted by atomic mass is 9.92. The molecule has 0 spiro atoms. The molecule has 0 aliphatic rings. The van der Waals surface area contributed by atoms with E-state index in [1.54, 1.807) is 11.8 Å². The first-order valence-electron chi connectivity index (χ1n) is 6.48. The molecule has 4 nitrogen and oxygen atoms in total. The number of aliphatic carboxylic acids is 1. The van der Waals surface area contributed by atoms with Gasteiger partial charge in [0.1, 0.15) is 5.54 Å². The zero-order valence-corrected chi connectivity index (χ0v) is 12.6. The maximum atomic E-state index is 11.1. The Kier molecular flexibility index (Phi) is 5.82. The number of rotatable bonds is 7. The molecular formula is C14H22N2O2S. The molecule has 1 unspecified atom stereocenters. The second-order valence-corrected chi connectivity index (χ2v) is 6.01. The van der Waals surface area contributed by atoms with Crippen molar-refractivity contribution in [2.45, 2.75) is 50.6 Å². The van der Waals surface area contributed by atoms with Crippen molar-refractivity contribution in [2.75, 3.05) is 5.75 Å². The van der Waals surface area contributed by atoms with E-state index < -0.39 is 11.5 Å². The van der Waals surface area contributed by atoms with E-state index in [9.17, 15) is 4.79 Å². The summed E-state index contributed by atoms with van der Waals surface area (Å²) in [4.78, 5) is 15.5. The number of carboxylic acids is 1. The minimum Gasteiger partial charge on any atom is -0.480 e. The molecule has 1 aromatic rings. The van der Waals surface area contributed by atoms with Gasteiger partial charge in [-0.05, 0) is 56.6 Å². The zero-order chi connectivity index (χ0) is 14.5. The van der Waals surface area contributed by atoms with Crippen LogP contribution in [0.4, 0.5) is 0 Å². The first-order valence-corrected chi connectivity index (χ1v) is 7.46. The summed E-state index contributed by atoms with van der Waals surface area (Å²) in [6.45, 7) is 5.83. The van der Waals surface area contributed by atoms with Crippen LogP contribution in [-0.4, -0.2) is 27.4 Å². The molecule has 0 saturated carbocycles. The Hall–Kier alpha value is -1.07. The Morgan fingerprint density at radius 3 is 2.68 bits per heavy atom. The van der Waals surface area contributed by atoms with Crippen molar-refractivity contribution in [1.82, 2.24) is 4.98 Å². The first-order chi connectivity index (χ1) is 8.87. The van der Waals surface area contributed by atoms with Gasteiger partial charge in [-0.1, -0.05) is 6.92 Å². The molecule has 1 rings (SSSR count). The van der Waals surface area contributed by atoms with Crippen molar-refractivity contribution < 1.29 is 9.90 Å². The molecule has 0 radical (unpaired) electrons. The fraction of sp³-hybridized carbons (Fsp3) is 0.571. The fourth-order valence-corrected chi connectivity index (χ4v) is 2.85. The van der Waals surface area contributed by atoms with Gasteiger partial charge >= 0.3 is 5.97 Å². The summed E-state index contributed by atoms with van der Waals surface area (Å²) in [6, 6.07) is 4.08. The van der Waals surface area contributed by atoms with E-state index in [1.807, 2.05) is 32.9 Å². The lowest BCUT2D eigenvalue weighted by molar-refractivity contribution is -0.143. The van der Waals surface area contributed by atoms with Crippen molar-refractivity contribution in [1.29, 1.82) is 0 Å². The van der Waals surface area contributed by atoms with E-state index in [1.165, 1.54) is 5.56 Å². The predicted octanol–water partition coefficient (Wildman–Crippen LogP) is 2.76. The lowest BCUT2D eigenvalue weighted by Gasteiger charge is -2.22. The number of hydrogen-bond donors (Lipinski definition) is 2. The average Bonchev–Trinajstić information content (AvgIpc) is 2.33. The van der Waals surface area contributed by atoms with Gasteiger partial charge in [-0.3, -0.25) is 4.79 Å². The van der Waals surface area contributed by atoms with Crippen LogP contribution in [0, 0.1) is 13.8 Å². The van der Waals surface area contributed by atoms with Gasteiger partial charge in [0.2, 0.25) is 0 Å². The molecule has 1 heterocycles. The molecule has 106 valence electrons. The predicted molar refractivity (Wildman–Crippen MR) is 78.5 cm³/mol. The quantitative estimate of drug-likeness (QED) is 0.594. The van der Waals surface area contributed by atoms with Crippen molar-refractivity contribution in [3.05, 3.63) is 23.4 Å². The van der Waals surface area contributed by atoms with Crippen molar-refractivity contribution in [3.8, 4) is 0 Å². The molecule has 1 atom stereocenters. The monoisotopic (exact) mass is 282 g/mol. The van der Waals surface area contributed by atoms with Gasteiger partial charge in [0, 0.05) is 5.69 Å². The fourth-order valence-electron chi connectivity index (χ4n) is 1.88. The topological polar surface area (TPSA) is 76.2 Å². The summed E-state index contributed by atoms with van der Waals surface area (Å²) in [5.74, 6) is -0.0770. The summed E-state index contributed by atoms with van der Waals surface area (Å²) in [5, 5.41) is 10.1. The maximum absolute atomic E-state index is 11.1. The number of carboxylic acid groups (broad SMARTS) is 1. The summed E-state index contributed by atoms with van der Waals surface area (Å²) in [7, 11) is 0. The molecular weight excluding hydrogens is 260 g/mol. The van der Waals surface area contributed by atoms with E-state index in [4.69, 9.17) is 10.8 Å². The second kappa shape index (κ2) is 6.91. The molecule has 0 fully saturated rings. The third-order valence-electron chi connectivity index (χ3n) is 3.15. The third kappa shape index (κ3) is 4.84. The SMILES string of the molecule is CCC(N)(CCCSc1cc(C)cc(C)n1)C(=O)O. The number of carbonyl (C=O) groups is 1. The van der Waals surface area contributed by atoms with E-state index in [0.717, 1.165) is 22.9 Å². The number of nitrogens with two attached hydrogens (primary N) is 1. The smallest absolute Gasteiger partial charge is 0.323 e. The average molecular weight is 282 g/mol. The van der Waals surface area contributed by atoms with Crippen LogP contribution in [0.2, 0.25) is 0 Å². The third-order valence-corrected chi connectivity index (χ3v) is 4.15. The molecule has 3 N–H and O–H groups in total. The maximum Gasteiger partial charge on any atom is 0.323 e. The molecule has 0 amide bonds.